The SMILES string of the molecule is COc1ccc(-c2nc3nc(C)c(Cl)c(C)n3n2)cc1. The van der Waals surface area contributed by atoms with E-state index in [4.69, 9.17) is 16.3 Å². The molecule has 0 radical (unpaired) electrons. The molecule has 0 saturated heterocycles. The van der Waals surface area contributed by atoms with E-state index in [1.807, 2.05) is 38.1 Å². The van der Waals surface area contributed by atoms with Gasteiger partial charge < -0.3 is 4.74 Å². The first kappa shape index (κ1) is 12.9. The van der Waals surface area contributed by atoms with Gasteiger partial charge in [-0.15, -0.1) is 5.10 Å². The molecule has 0 fully saturated rings. The summed E-state index contributed by atoms with van der Waals surface area (Å²) in [6.07, 6.45) is 0. The Hall–Kier alpha value is -2.14. The highest BCUT2D eigenvalue weighted by Crippen LogP contribution is 2.23. The second kappa shape index (κ2) is 4.76. The highest BCUT2D eigenvalue weighted by Gasteiger charge is 2.13. The zero-order chi connectivity index (χ0) is 14.3. The molecule has 6 heteroatoms. The average molecular weight is 289 g/mol. The van der Waals surface area contributed by atoms with E-state index in [9.17, 15) is 0 Å². The summed E-state index contributed by atoms with van der Waals surface area (Å²) in [6, 6.07) is 7.58. The summed E-state index contributed by atoms with van der Waals surface area (Å²) in [5.74, 6) is 1.96. The number of methoxy groups -OCH3 is 1. The first-order chi connectivity index (χ1) is 9.60. The molecule has 0 spiro atoms. The molecule has 2 aromatic heterocycles. The van der Waals surface area contributed by atoms with Gasteiger partial charge in [-0.05, 0) is 38.1 Å². The highest BCUT2D eigenvalue weighted by atomic mass is 35.5. The van der Waals surface area contributed by atoms with Crippen molar-refractivity contribution in [1.29, 1.82) is 0 Å². The van der Waals surface area contributed by atoms with Crippen molar-refractivity contribution in [2.75, 3.05) is 7.11 Å². The van der Waals surface area contributed by atoms with Crippen LogP contribution in [0, 0.1) is 13.8 Å². The molecular formula is C14H13ClN4O. The Balaban J connectivity index is 2.15. The molecule has 0 saturated carbocycles. The molecule has 0 aliphatic carbocycles. The molecule has 5 nitrogen and oxygen atoms in total. The van der Waals surface area contributed by atoms with Gasteiger partial charge in [-0.3, -0.25) is 0 Å². The third-order valence-electron chi connectivity index (χ3n) is 3.16. The minimum absolute atomic E-state index is 0.551. The molecule has 3 aromatic rings. The topological polar surface area (TPSA) is 52.3 Å². The normalized spacial score (nSPS) is 11.0. The summed E-state index contributed by atoms with van der Waals surface area (Å²) in [6.45, 7) is 3.76. The number of hydrogen-bond acceptors (Lipinski definition) is 4. The number of aromatic nitrogens is 4. The quantitative estimate of drug-likeness (QED) is 0.727. The van der Waals surface area contributed by atoms with Crippen LogP contribution in [0.3, 0.4) is 0 Å². The fourth-order valence-corrected chi connectivity index (χ4v) is 2.14. The number of aryl methyl sites for hydroxylation is 2. The zero-order valence-electron chi connectivity index (χ0n) is 11.4. The summed E-state index contributed by atoms with van der Waals surface area (Å²) in [5.41, 5.74) is 2.50. The van der Waals surface area contributed by atoms with E-state index in [2.05, 4.69) is 15.1 Å². The van der Waals surface area contributed by atoms with Crippen molar-refractivity contribution >= 4 is 17.4 Å². The molecule has 0 aliphatic rings. The predicted octanol–water partition coefficient (Wildman–Crippen LogP) is 3.07. The molecule has 0 aliphatic heterocycles. The maximum absolute atomic E-state index is 6.18. The Morgan fingerprint density at radius 1 is 1.10 bits per heavy atom. The van der Waals surface area contributed by atoms with Gasteiger partial charge in [-0.1, -0.05) is 11.6 Å². The summed E-state index contributed by atoms with van der Waals surface area (Å²) in [7, 11) is 1.64. The van der Waals surface area contributed by atoms with E-state index in [1.165, 1.54) is 0 Å². The largest absolute Gasteiger partial charge is 0.497 e. The molecule has 0 unspecified atom stereocenters. The van der Waals surface area contributed by atoms with Gasteiger partial charge in [0.2, 0.25) is 0 Å². The van der Waals surface area contributed by atoms with Crippen LogP contribution in [0.1, 0.15) is 11.4 Å². The van der Waals surface area contributed by atoms with Crippen molar-refractivity contribution in [2.24, 2.45) is 0 Å². The van der Waals surface area contributed by atoms with E-state index in [0.29, 0.717) is 16.6 Å². The van der Waals surface area contributed by atoms with Crippen LogP contribution in [0.25, 0.3) is 17.2 Å². The van der Waals surface area contributed by atoms with Crippen molar-refractivity contribution in [3.05, 3.63) is 40.7 Å². The molecule has 1 aromatic carbocycles. The van der Waals surface area contributed by atoms with E-state index < -0.39 is 0 Å². The number of halogens is 1. The number of benzene rings is 1. The van der Waals surface area contributed by atoms with Gasteiger partial charge in [-0.25, -0.2) is 4.98 Å². The van der Waals surface area contributed by atoms with Gasteiger partial charge in [0.1, 0.15) is 5.75 Å². The average Bonchev–Trinajstić information content (AvgIpc) is 2.89. The van der Waals surface area contributed by atoms with Gasteiger partial charge >= 0.3 is 0 Å². The van der Waals surface area contributed by atoms with Gasteiger partial charge in [0.05, 0.1) is 23.5 Å². The van der Waals surface area contributed by atoms with Gasteiger partial charge in [0, 0.05) is 5.56 Å². The Morgan fingerprint density at radius 2 is 1.80 bits per heavy atom. The fourth-order valence-electron chi connectivity index (χ4n) is 2.02. The molecular weight excluding hydrogens is 276 g/mol. The number of hydrogen-bond donors (Lipinski definition) is 0. The van der Waals surface area contributed by atoms with E-state index in [1.54, 1.807) is 11.6 Å². The first-order valence-corrected chi connectivity index (χ1v) is 6.52. The number of fused-ring (bicyclic) bond motifs is 1. The van der Waals surface area contributed by atoms with E-state index in [-0.39, 0.29) is 0 Å². The lowest BCUT2D eigenvalue weighted by Crippen LogP contribution is -1.99. The molecule has 2 heterocycles. The van der Waals surface area contributed by atoms with Crippen molar-refractivity contribution < 1.29 is 4.74 Å². The predicted molar refractivity (Wildman–Crippen MR) is 77.3 cm³/mol. The molecule has 0 atom stereocenters. The molecule has 0 bridgehead atoms. The van der Waals surface area contributed by atoms with E-state index >= 15 is 0 Å². The fraction of sp³-hybridized carbons (Fsp3) is 0.214. The Bertz CT molecular complexity index is 780. The molecule has 0 amide bonds. The minimum atomic E-state index is 0.551. The summed E-state index contributed by atoms with van der Waals surface area (Å²) in [5, 5.41) is 5.07. The number of rotatable bonds is 2. The zero-order valence-corrected chi connectivity index (χ0v) is 12.1. The van der Waals surface area contributed by atoms with Crippen LogP contribution in [0.5, 0.6) is 5.75 Å². The van der Waals surface area contributed by atoms with Crippen LogP contribution in [-0.2, 0) is 0 Å². The smallest absolute Gasteiger partial charge is 0.253 e. The van der Waals surface area contributed by atoms with Crippen molar-refractivity contribution in [3.8, 4) is 17.1 Å². The van der Waals surface area contributed by atoms with Crippen molar-refractivity contribution in [1.82, 2.24) is 19.6 Å². The van der Waals surface area contributed by atoms with Crippen LogP contribution in [0.15, 0.2) is 24.3 Å². The lowest BCUT2D eigenvalue weighted by Gasteiger charge is -2.02. The van der Waals surface area contributed by atoms with E-state index in [0.717, 1.165) is 22.7 Å². The molecule has 0 N–H and O–H groups in total. The second-order valence-corrected chi connectivity index (χ2v) is 4.85. The lowest BCUT2D eigenvalue weighted by atomic mass is 10.2. The monoisotopic (exact) mass is 288 g/mol. The maximum atomic E-state index is 6.18. The third-order valence-corrected chi connectivity index (χ3v) is 3.71. The van der Waals surface area contributed by atoms with Gasteiger partial charge in [-0.2, -0.15) is 9.50 Å². The second-order valence-electron chi connectivity index (χ2n) is 4.47. The number of ether oxygens (including phenoxy) is 1. The standard InChI is InChI=1S/C14H13ClN4O/c1-8-12(15)9(2)19-14(16-8)17-13(18-19)10-4-6-11(20-3)7-5-10/h4-7H,1-3H3. The van der Waals surface area contributed by atoms with Gasteiger partial charge in [0.25, 0.3) is 5.78 Å². The molecule has 3 rings (SSSR count). The summed E-state index contributed by atoms with van der Waals surface area (Å²) < 4.78 is 6.80. The summed E-state index contributed by atoms with van der Waals surface area (Å²) >= 11 is 6.18. The Morgan fingerprint density at radius 3 is 2.45 bits per heavy atom. The van der Waals surface area contributed by atoms with Crippen molar-refractivity contribution in [3.63, 3.8) is 0 Å². The lowest BCUT2D eigenvalue weighted by molar-refractivity contribution is 0.415. The Kier molecular flexibility index (Phi) is 3.06. The highest BCUT2D eigenvalue weighted by molar-refractivity contribution is 6.31. The van der Waals surface area contributed by atoms with Gasteiger partial charge in [0.15, 0.2) is 5.82 Å². The van der Waals surface area contributed by atoms with Crippen LogP contribution >= 0.6 is 11.6 Å². The maximum Gasteiger partial charge on any atom is 0.253 e. The van der Waals surface area contributed by atoms with Crippen molar-refractivity contribution in [2.45, 2.75) is 13.8 Å². The van der Waals surface area contributed by atoms with Crippen LogP contribution in [0.2, 0.25) is 5.02 Å². The third kappa shape index (κ3) is 2.00. The van der Waals surface area contributed by atoms with Crippen LogP contribution < -0.4 is 4.74 Å². The van der Waals surface area contributed by atoms with Crippen LogP contribution in [-0.4, -0.2) is 26.7 Å². The summed E-state index contributed by atoms with van der Waals surface area (Å²) in [4.78, 5) is 8.79. The number of nitrogens with zero attached hydrogens (tertiary/aromatic N) is 4. The molecule has 102 valence electrons. The molecule has 20 heavy (non-hydrogen) atoms. The van der Waals surface area contributed by atoms with Crippen LogP contribution in [0.4, 0.5) is 0 Å². The minimum Gasteiger partial charge on any atom is -0.497 e. The Labute approximate surface area is 121 Å². The first-order valence-electron chi connectivity index (χ1n) is 6.14.